The lowest BCUT2D eigenvalue weighted by Crippen LogP contribution is -2.17. The molecule has 0 bridgehead atoms. The highest BCUT2D eigenvalue weighted by molar-refractivity contribution is 5.74. The molecule has 0 fully saturated rings. The molecule has 0 heterocycles. The first-order valence-electron chi connectivity index (χ1n) is 5.07. The summed E-state index contributed by atoms with van der Waals surface area (Å²) >= 11 is 0. The van der Waals surface area contributed by atoms with Gasteiger partial charge in [-0.3, -0.25) is 0 Å². The molecular formula is C12H13NO3. The van der Waals surface area contributed by atoms with E-state index in [1.54, 1.807) is 0 Å². The fourth-order valence-electron chi connectivity index (χ4n) is 1.45. The van der Waals surface area contributed by atoms with Gasteiger partial charge in [0.15, 0.2) is 6.04 Å². The number of hydrogen-bond acceptors (Lipinski definition) is 3. The highest BCUT2D eigenvalue weighted by Crippen LogP contribution is 2.08. The van der Waals surface area contributed by atoms with Gasteiger partial charge < -0.3 is 5.11 Å². The quantitative estimate of drug-likeness (QED) is 0.586. The Morgan fingerprint density at radius 1 is 1.38 bits per heavy atom. The molecule has 0 aliphatic rings. The molecule has 0 saturated carbocycles. The average Bonchev–Trinajstić information content (AvgIpc) is 2.29. The van der Waals surface area contributed by atoms with E-state index in [0.717, 1.165) is 12.0 Å². The smallest absolute Gasteiger partial charge is 0.329 e. The Morgan fingerprint density at radius 3 is 2.62 bits per heavy atom. The number of rotatable bonds is 6. The van der Waals surface area contributed by atoms with Gasteiger partial charge in [-0.25, -0.2) is 9.59 Å². The fourth-order valence-corrected chi connectivity index (χ4v) is 1.45. The van der Waals surface area contributed by atoms with Crippen LogP contribution in [-0.4, -0.2) is 23.2 Å². The van der Waals surface area contributed by atoms with Crippen molar-refractivity contribution in [2.75, 3.05) is 0 Å². The van der Waals surface area contributed by atoms with Crippen molar-refractivity contribution in [1.29, 1.82) is 0 Å². The lowest BCUT2D eigenvalue weighted by molar-refractivity contribution is -0.138. The van der Waals surface area contributed by atoms with E-state index in [9.17, 15) is 9.59 Å². The summed E-state index contributed by atoms with van der Waals surface area (Å²) in [7, 11) is 0. The van der Waals surface area contributed by atoms with Crippen LogP contribution >= 0.6 is 0 Å². The molecule has 16 heavy (non-hydrogen) atoms. The third kappa shape index (κ3) is 4.07. The number of aryl methyl sites for hydroxylation is 1. The maximum Gasteiger partial charge on any atom is 0.329 e. The Kier molecular flexibility index (Phi) is 4.96. The van der Waals surface area contributed by atoms with Crippen LogP contribution in [0.15, 0.2) is 35.3 Å². The van der Waals surface area contributed by atoms with E-state index in [1.165, 1.54) is 6.08 Å². The van der Waals surface area contributed by atoms with Crippen molar-refractivity contribution in [2.24, 2.45) is 4.99 Å². The zero-order chi connectivity index (χ0) is 11.8. The molecule has 0 amide bonds. The molecule has 0 aromatic heterocycles. The van der Waals surface area contributed by atoms with Crippen LogP contribution in [0.3, 0.4) is 0 Å². The molecule has 4 heteroatoms. The van der Waals surface area contributed by atoms with Crippen LogP contribution in [0.1, 0.15) is 18.4 Å². The van der Waals surface area contributed by atoms with Crippen LogP contribution in [-0.2, 0) is 16.0 Å². The van der Waals surface area contributed by atoms with Gasteiger partial charge >= 0.3 is 5.97 Å². The van der Waals surface area contributed by atoms with Crippen LogP contribution in [0, 0.1) is 0 Å². The topological polar surface area (TPSA) is 66.7 Å². The molecule has 1 aromatic carbocycles. The summed E-state index contributed by atoms with van der Waals surface area (Å²) < 4.78 is 0. The largest absolute Gasteiger partial charge is 0.480 e. The Morgan fingerprint density at radius 2 is 2.06 bits per heavy atom. The van der Waals surface area contributed by atoms with Crippen molar-refractivity contribution in [3.63, 3.8) is 0 Å². The minimum Gasteiger partial charge on any atom is -0.480 e. The Labute approximate surface area is 93.6 Å². The second kappa shape index (κ2) is 6.53. The lowest BCUT2D eigenvalue weighted by atomic mass is 10.1. The SMILES string of the molecule is O=C=NC(CCCc1ccccc1)C(=O)O. The molecule has 4 nitrogen and oxygen atoms in total. The van der Waals surface area contributed by atoms with E-state index in [1.807, 2.05) is 30.3 Å². The predicted octanol–water partition coefficient (Wildman–Crippen LogP) is 1.80. The second-order valence-corrected chi connectivity index (χ2v) is 3.45. The van der Waals surface area contributed by atoms with E-state index in [0.29, 0.717) is 12.8 Å². The van der Waals surface area contributed by atoms with Gasteiger partial charge in [0.05, 0.1) is 0 Å². The third-order valence-electron chi connectivity index (χ3n) is 2.28. The molecule has 0 radical (unpaired) electrons. The molecule has 84 valence electrons. The van der Waals surface area contributed by atoms with E-state index in [-0.39, 0.29) is 0 Å². The van der Waals surface area contributed by atoms with Gasteiger partial charge in [0.1, 0.15) is 0 Å². The zero-order valence-electron chi connectivity index (χ0n) is 8.80. The first-order chi connectivity index (χ1) is 7.74. The molecule has 0 aliphatic carbocycles. The average molecular weight is 219 g/mol. The first kappa shape index (κ1) is 12.1. The molecule has 0 spiro atoms. The van der Waals surface area contributed by atoms with Crippen molar-refractivity contribution >= 4 is 12.0 Å². The van der Waals surface area contributed by atoms with E-state index in [2.05, 4.69) is 4.99 Å². The summed E-state index contributed by atoms with van der Waals surface area (Å²) in [6.07, 6.45) is 3.13. The second-order valence-electron chi connectivity index (χ2n) is 3.45. The van der Waals surface area contributed by atoms with Crippen molar-refractivity contribution in [3.05, 3.63) is 35.9 Å². The molecular weight excluding hydrogens is 206 g/mol. The number of carbonyl (C=O) groups excluding carboxylic acids is 1. The molecule has 1 atom stereocenters. The molecule has 1 rings (SSSR count). The maximum atomic E-state index is 10.7. The number of benzene rings is 1. The van der Waals surface area contributed by atoms with Gasteiger partial charge in [-0.15, -0.1) is 0 Å². The highest BCUT2D eigenvalue weighted by atomic mass is 16.4. The lowest BCUT2D eigenvalue weighted by Gasteiger charge is -2.04. The van der Waals surface area contributed by atoms with Crippen molar-refractivity contribution in [1.82, 2.24) is 0 Å². The number of hydrogen-bond donors (Lipinski definition) is 1. The summed E-state index contributed by atoms with van der Waals surface area (Å²) in [5, 5.41) is 8.73. The number of aliphatic imine (C=N–C) groups is 1. The van der Waals surface area contributed by atoms with Crippen molar-refractivity contribution in [3.8, 4) is 0 Å². The van der Waals surface area contributed by atoms with E-state index in [4.69, 9.17) is 5.11 Å². The molecule has 1 N–H and O–H groups in total. The summed E-state index contributed by atoms with van der Waals surface area (Å²) in [5.74, 6) is -1.07. The first-order valence-corrected chi connectivity index (χ1v) is 5.07. The molecule has 0 aliphatic heterocycles. The van der Waals surface area contributed by atoms with Gasteiger partial charge in [0.25, 0.3) is 0 Å². The monoisotopic (exact) mass is 219 g/mol. The van der Waals surface area contributed by atoms with E-state index >= 15 is 0 Å². The number of nitrogens with zero attached hydrogens (tertiary/aromatic N) is 1. The summed E-state index contributed by atoms with van der Waals surface area (Å²) in [5.41, 5.74) is 1.15. The number of carboxylic acids is 1. The molecule has 1 unspecified atom stereocenters. The highest BCUT2D eigenvalue weighted by Gasteiger charge is 2.15. The van der Waals surface area contributed by atoms with Crippen LogP contribution in [0.25, 0.3) is 0 Å². The number of carbonyl (C=O) groups is 1. The molecule has 0 saturated heterocycles. The summed E-state index contributed by atoms with van der Waals surface area (Å²) in [6.45, 7) is 0. The Hall–Kier alpha value is -1.93. The zero-order valence-corrected chi connectivity index (χ0v) is 8.80. The van der Waals surface area contributed by atoms with Crippen LogP contribution < -0.4 is 0 Å². The third-order valence-corrected chi connectivity index (χ3v) is 2.28. The fraction of sp³-hybridized carbons (Fsp3) is 0.333. The summed E-state index contributed by atoms with van der Waals surface area (Å²) in [4.78, 5) is 23.9. The minimum absolute atomic E-state index is 0.361. The number of aliphatic carboxylic acids is 1. The van der Waals surface area contributed by atoms with Gasteiger partial charge in [0, 0.05) is 0 Å². The Balaban J connectivity index is 2.39. The predicted molar refractivity (Wildman–Crippen MR) is 58.9 cm³/mol. The number of isocyanates is 1. The van der Waals surface area contributed by atoms with E-state index < -0.39 is 12.0 Å². The minimum atomic E-state index is -1.07. The van der Waals surface area contributed by atoms with Crippen LogP contribution in [0.4, 0.5) is 0 Å². The maximum absolute atomic E-state index is 10.7. The summed E-state index contributed by atoms with van der Waals surface area (Å²) in [6, 6.07) is 8.82. The van der Waals surface area contributed by atoms with Crippen molar-refractivity contribution in [2.45, 2.75) is 25.3 Å². The van der Waals surface area contributed by atoms with Gasteiger partial charge in [0.2, 0.25) is 6.08 Å². The van der Waals surface area contributed by atoms with Gasteiger partial charge in [-0.2, -0.15) is 4.99 Å². The van der Waals surface area contributed by atoms with Crippen LogP contribution in [0.5, 0.6) is 0 Å². The standard InChI is InChI=1S/C12H13NO3/c14-9-13-11(12(15)16)8-4-7-10-5-2-1-3-6-10/h1-3,5-6,11H,4,7-8H2,(H,15,16). The van der Waals surface area contributed by atoms with Crippen molar-refractivity contribution < 1.29 is 14.7 Å². The molecule has 1 aromatic rings. The van der Waals surface area contributed by atoms with Gasteiger partial charge in [-0.05, 0) is 24.8 Å². The Bertz CT molecular complexity index is 381. The van der Waals surface area contributed by atoms with Crippen LogP contribution in [0.2, 0.25) is 0 Å². The normalized spacial score (nSPS) is 11.5. The van der Waals surface area contributed by atoms with Gasteiger partial charge in [-0.1, -0.05) is 30.3 Å². The number of carboxylic acid groups (broad SMARTS) is 1.